The van der Waals surface area contributed by atoms with Crippen LogP contribution in [0.2, 0.25) is 0 Å². The first kappa shape index (κ1) is 27.6. The lowest BCUT2D eigenvalue weighted by Crippen LogP contribution is -2.38. The van der Waals surface area contributed by atoms with Gasteiger partial charge in [-0.15, -0.1) is 0 Å². The second-order valence-corrected chi connectivity index (χ2v) is 9.13. The average molecular weight is 598 g/mol. The van der Waals surface area contributed by atoms with Crippen LogP contribution in [0.15, 0.2) is 70.8 Å². The van der Waals surface area contributed by atoms with Gasteiger partial charge in [-0.05, 0) is 64.8 Å². The van der Waals surface area contributed by atoms with Crippen LogP contribution in [0.25, 0.3) is 6.08 Å². The molecule has 2 N–H and O–H groups in total. The zero-order valence-corrected chi connectivity index (χ0v) is 22.7. The number of benzene rings is 3. The molecule has 4 amide bonds. The molecular formula is C28H25BrFN3O6. The maximum Gasteiger partial charge on any atom is 0.329 e. The van der Waals surface area contributed by atoms with E-state index < -0.39 is 24.4 Å². The standard InChI is InChI=1S/C28H25BrFN3O6/c1-3-38-24-14-17(12-19(29)26(24)39-16-18-8-4-5-9-20(18)30)13-22-27(35)33(28(36)32-22)15-25(34)31-21-10-6-7-11-23(21)37-2/h4-14H,3,15-16H2,1-2H3,(H,31,34)(H,32,36)/b22-13+. The SMILES string of the molecule is CCOc1cc(/C=C2/NC(=O)N(CC(=O)Nc3ccccc3OC)C2=O)cc(Br)c1OCc1ccccc1F. The summed E-state index contributed by atoms with van der Waals surface area (Å²) in [6, 6.07) is 15.7. The summed E-state index contributed by atoms with van der Waals surface area (Å²) in [6.07, 6.45) is 1.46. The highest BCUT2D eigenvalue weighted by Gasteiger charge is 2.35. The normalized spacial score (nSPS) is 13.8. The van der Waals surface area contributed by atoms with Crippen LogP contribution in [0.3, 0.4) is 0 Å². The van der Waals surface area contributed by atoms with Crippen molar-refractivity contribution in [1.29, 1.82) is 0 Å². The van der Waals surface area contributed by atoms with E-state index in [0.29, 0.717) is 45.1 Å². The lowest BCUT2D eigenvalue weighted by Gasteiger charge is -2.15. The quantitative estimate of drug-likeness (QED) is 0.249. The molecule has 1 fully saturated rings. The molecule has 4 rings (SSSR count). The molecule has 0 aliphatic carbocycles. The number of ether oxygens (including phenoxy) is 3. The second kappa shape index (κ2) is 12.4. The van der Waals surface area contributed by atoms with Gasteiger partial charge in [0, 0.05) is 5.56 Å². The topological polar surface area (TPSA) is 106 Å². The van der Waals surface area contributed by atoms with Gasteiger partial charge in [0.2, 0.25) is 5.91 Å². The molecule has 1 heterocycles. The molecule has 0 saturated carbocycles. The van der Waals surface area contributed by atoms with Gasteiger partial charge in [0.15, 0.2) is 11.5 Å². The van der Waals surface area contributed by atoms with E-state index in [1.807, 2.05) is 0 Å². The van der Waals surface area contributed by atoms with Crippen molar-refractivity contribution in [3.8, 4) is 17.2 Å². The van der Waals surface area contributed by atoms with Crippen LogP contribution >= 0.6 is 15.9 Å². The van der Waals surface area contributed by atoms with Crippen molar-refractivity contribution < 1.29 is 33.0 Å². The second-order valence-electron chi connectivity index (χ2n) is 8.27. The van der Waals surface area contributed by atoms with Crippen molar-refractivity contribution >= 4 is 45.5 Å². The fourth-order valence-corrected chi connectivity index (χ4v) is 4.38. The first-order valence-corrected chi connectivity index (χ1v) is 12.7. The molecule has 202 valence electrons. The monoisotopic (exact) mass is 597 g/mol. The average Bonchev–Trinajstić information content (AvgIpc) is 3.16. The maximum atomic E-state index is 14.0. The Labute approximate surface area is 232 Å². The van der Waals surface area contributed by atoms with E-state index in [1.54, 1.807) is 61.5 Å². The van der Waals surface area contributed by atoms with Crippen LogP contribution in [0.5, 0.6) is 17.2 Å². The van der Waals surface area contributed by atoms with Gasteiger partial charge in [0.05, 0.1) is 23.9 Å². The number of amides is 4. The molecule has 0 radical (unpaired) electrons. The van der Waals surface area contributed by atoms with Crippen molar-refractivity contribution in [2.45, 2.75) is 13.5 Å². The molecule has 3 aromatic carbocycles. The van der Waals surface area contributed by atoms with Crippen LogP contribution in [-0.4, -0.2) is 43.0 Å². The number of imide groups is 1. The minimum absolute atomic E-state index is 0.0144. The zero-order valence-electron chi connectivity index (χ0n) is 21.1. The van der Waals surface area contributed by atoms with Crippen LogP contribution in [0, 0.1) is 5.82 Å². The third-order valence-corrected chi connectivity index (χ3v) is 6.21. The third-order valence-electron chi connectivity index (χ3n) is 5.62. The number of hydrogen-bond acceptors (Lipinski definition) is 6. The number of halogens is 2. The van der Waals surface area contributed by atoms with E-state index >= 15 is 0 Å². The number of nitrogens with one attached hydrogen (secondary N) is 2. The largest absolute Gasteiger partial charge is 0.495 e. The Hall–Kier alpha value is -4.38. The van der Waals surface area contributed by atoms with Crippen molar-refractivity contribution in [3.63, 3.8) is 0 Å². The number of carbonyl (C=O) groups is 3. The van der Waals surface area contributed by atoms with E-state index in [4.69, 9.17) is 14.2 Å². The predicted molar refractivity (Wildman–Crippen MR) is 146 cm³/mol. The minimum Gasteiger partial charge on any atom is -0.495 e. The van der Waals surface area contributed by atoms with Crippen molar-refractivity contribution in [2.24, 2.45) is 0 Å². The van der Waals surface area contributed by atoms with Crippen LogP contribution in [-0.2, 0) is 16.2 Å². The molecule has 1 saturated heterocycles. The smallest absolute Gasteiger partial charge is 0.329 e. The lowest BCUT2D eigenvalue weighted by atomic mass is 10.1. The number of hydrogen-bond donors (Lipinski definition) is 2. The molecule has 9 nitrogen and oxygen atoms in total. The minimum atomic E-state index is -0.727. The molecule has 0 bridgehead atoms. The Morgan fingerprint density at radius 3 is 2.56 bits per heavy atom. The number of urea groups is 1. The van der Waals surface area contributed by atoms with Gasteiger partial charge in [-0.1, -0.05) is 30.3 Å². The summed E-state index contributed by atoms with van der Waals surface area (Å²) in [6.45, 7) is 1.62. The fourth-order valence-electron chi connectivity index (χ4n) is 3.80. The Morgan fingerprint density at radius 2 is 1.82 bits per heavy atom. The molecule has 0 unspecified atom stereocenters. The third kappa shape index (κ3) is 6.55. The number of anilines is 1. The number of rotatable bonds is 10. The molecule has 0 spiro atoms. The summed E-state index contributed by atoms with van der Waals surface area (Å²) in [5.74, 6) is -0.449. The molecule has 0 atom stereocenters. The molecule has 0 aromatic heterocycles. The first-order valence-electron chi connectivity index (χ1n) is 11.9. The van der Waals surface area contributed by atoms with Crippen molar-refractivity contribution in [2.75, 3.05) is 25.6 Å². The summed E-state index contributed by atoms with van der Waals surface area (Å²) >= 11 is 3.45. The van der Waals surface area contributed by atoms with Crippen LogP contribution in [0.1, 0.15) is 18.1 Å². The summed E-state index contributed by atoms with van der Waals surface area (Å²) in [7, 11) is 1.47. The highest BCUT2D eigenvalue weighted by Crippen LogP contribution is 2.38. The Balaban J connectivity index is 1.50. The maximum absolute atomic E-state index is 14.0. The van der Waals surface area contributed by atoms with E-state index in [9.17, 15) is 18.8 Å². The summed E-state index contributed by atoms with van der Waals surface area (Å²) in [4.78, 5) is 38.8. The Morgan fingerprint density at radius 1 is 1.08 bits per heavy atom. The molecule has 11 heteroatoms. The van der Waals surface area contributed by atoms with Crippen LogP contribution in [0.4, 0.5) is 14.9 Å². The van der Waals surface area contributed by atoms with Gasteiger partial charge in [-0.2, -0.15) is 0 Å². The van der Waals surface area contributed by atoms with E-state index in [2.05, 4.69) is 26.6 Å². The fraction of sp³-hybridized carbons (Fsp3) is 0.179. The number of nitrogens with zero attached hydrogens (tertiary/aromatic N) is 1. The molecule has 39 heavy (non-hydrogen) atoms. The number of carbonyl (C=O) groups excluding carboxylic acids is 3. The summed E-state index contributed by atoms with van der Waals surface area (Å²) < 4.78 is 31.3. The molecule has 3 aromatic rings. The molecule has 1 aliphatic rings. The van der Waals surface area contributed by atoms with Gasteiger partial charge < -0.3 is 24.8 Å². The number of methoxy groups -OCH3 is 1. The molecular weight excluding hydrogens is 573 g/mol. The Kier molecular flexibility index (Phi) is 8.82. The molecule has 1 aliphatic heterocycles. The van der Waals surface area contributed by atoms with Crippen molar-refractivity contribution in [3.05, 3.63) is 87.8 Å². The zero-order chi connectivity index (χ0) is 27.9. The van der Waals surface area contributed by atoms with Gasteiger partial charge in [-0.3, -0.25) is 9.59 Å². The van der Waals surface area contributed by atoms with E-state index in [1.165, 1.54) is 19.3 Å². The van der Waals surface area contributed by atoms with Gasteiger partial charge >= 0.3 is 6.03 Å². The van der Waals surface area contributed by atoms with Gasteiger partial charge in [0.25, 0.3) is 5.91 Å². The van der Waals surface area contributed by atoms with Crippen molar-refractivity contribution in [1.82, 2.24) is 10.2 Å². The van der Waals surface area contributed by atoms with Gasteiger partial charge in [0.1, 0.15) is 30.4 Å². The Bertz CT molecular complexity index is 1440. The van der Waals surface area contributed by atoms with Gasteiger partial charge in [-0.25, -0.2) is 14.1 Å². The van der Waals surface area contributed by atoms with E-state index in [-0.39, 0.29) is 18.1 Å². The summed E-state index contributed by atoms with van der Waals surface area (Å²) in [5, 5.41) is 5.14. The first-order chi connectivity index (χ1) is 18.8. The van der Waals surface area contributed by atoms with Crippen LogP contribution < -0.4 is 24.8 Å². The summed E-state index contributed by atoms with van der Waals surface area (Å²) in [5.41, 5.74) is 1.30. The predicted octanol–water partition coefficient (Wildman–Crippen LogP) is 5.11. The highest BCUT2D eigenvalue weighted by molar-refractivity contribution is 9.10. The highest BCUT2D eigenvalue weighted by atomic mass is 79.9. The lowest BCUT2D eigenvalue weighted by molar-refractivity contribution is -0.127. The van der Waals surface area contributed by atoms with E-state index in [0.717, 1.165) is 4.90 Å². The number of para-hydroxylation sites is 2.